The van der Waals surface area contributed by atoms with E-state index in [1.807, 2.05) is 25.3 Å². The summed E-state index contributed by atoms with van der Waals surface area (Å²) in [6.07, 6.45) is 3.59. The Morgan fingerprint density at radius 2 is 2.43 bits per heavy atom. The Bertz CT molecular complexity index is 422. The van der Waals surface area contributed by atoms with E-state index < -0.39 is 0 Å². The van der Waals surface area contributed by atoms with Crippen LogP contribution < -0.4 is 11.1 Å². The summed E-state index contributed by atoms with van der Waals surface area (Å²) in [5, 5.41) is 7.26. The molecule has 0 bridgehead atoms. The van der Waals surface area contributed by atoms with Crippen molar-refractivity contribution >= 4 is 11.5 Å². The molecule has 0 saturated carbocycles. The van der Waals surface area contributed by atoms with Gasteiger partial charge >= 0.3 is 0 Å². The van der Waals surface area contributed by atoms with E-state index in [0.717, 1.165) is 11.5 Å². The molecule has 2 rings (SSSR count). The molecule has 0 fully saturated rings. The maximum atomic E-state index is 5.50. The predicted octanol–water partition coefficient (Wildman–Crippen LogP) is 0.488. The third-order valence-corrected chi connectivity index (χ3v) is 2.01. The third-order valence-electron chi connectivity index (χ3n) is 2.01. The molecule has 5 nitrogen and oxygen atoms in total. The summed E-state index contributed by atoms with van der Waals surface area (Å²) >= 11 is 0. The first kappa shape index (κ1) is 8.96. The van der Waals surface area contributed by atoms with Crippen molar-refractivity contribution in [2.24, 2.45) is 5.73 Å². The second-order valence-electron chi connectivity index (χ2n) is 3.23. The van der Waals surface area contributed by atoms with Crippen LogP contribution in [-0.4, -0.2) is 27.2 Å². The topological polar surface area (TPSA) is 68.2 Å². The van der Waals surface area contributed by atoms with Crippen LogP contribution in [0.4, 0.5) is 5.82 Å². The normalized spacial score (nSPS) is 13.0. The number of nitrogens with one attached hydrogen (secondary N) is 1. The van der Waals surface area contributed by atoms with Gasteiger partial charge in [-0.2, -0.15) is 5.10 Å². The number of aromatic nitrogens is 3. The summed E-state index contributed by atoms with van der Waals surface area (Å²) in [5.41, 5.74) is 6.34. The van der Waals surface area contributed by atoms with Crippen molar-refractivity contribution in [1.82, 2.24) is 14.6 Å². The van der Waals surface area contributed by atoms with Crippen molar-refractivity contribution in [2.75, 3.05) is 11.9 Å². The Labute approximate surface area is 81.9 Å². The minimum absolute atomic E-state index is 0.230. The van der Waals surface area contributed by atoms with Crippen molar-refractivity contribution in [3.8, 4) is 0 Å². The van der Waals surface area contributed by atoms with E-state index in [1.165, 1.54) is 0 Å². The lowest BCUT2D eigenvalue weighted by Gasteiger charge is -2.11. The monoisotopic (exact) mass is 191 g/mol. The summed E-state index contributed by atoms with van der Waals surface area (Å²) in [6.45, 7) is 2.61. The molecule has 0 radical (unpaired) electrons. The van der Waals surface area contributed by atoms with Crippen LogP contribution >= 0.6 is 0 Å². The molecule has 0 aliphatic heterocycles. The Hall–Kier alpha value is -1.62. The molecule has 5 heteroatoms. The number of hydrogen-bond acceptors (Lipinski definition) is 4. The zero-order chi connectivity index (χ0) is 9.97. The fourth-order valence-corrected chi connectivity index (χ4v) is 1.20. The molecule has 14 heavy (non-hydrogen) atoms. The average Bonchev–Trinajstić information content (AvgIpc) is 2.64. The van der Waals surface area contributed by atoms with Crippen LogP contribution in [0.1, 0.15) is 6.92 Å². The highest BCUT2D eigenvalue weighted by molar-refractivity contribution is 5.45. The molecule has 2 aromatic rings. The van der Waals surface area contributed by atoms with Gasteiger partial charge in [0, 0.05) is 24.8 Å². The Morgan fingerprint density at radius 3 is 3.21 bits per heavy atom. The second-order valence-corrected chi connectivity index (χ2v) is 3.23. The smallest absolute Gasteiger partial charge is 0.157 e. The van der Waals surface area contributed by atoms with E-state index >= 15 is 0 Å². The van der Waals surface area contributed by atoms with Crippen LogP contribution in [0.3, 0.4) is 0 Å². The highest BCUT2D eigenvalue weighted by Crippen LogP contribution is 2.06. The molecule has 3 N–H and O–H groups in total. The highest BCUT2D eigenvalue weighted by Gasteiger charge is 2.01. The van der Waals surface area contributed by atoms with Crippen molar-refractivity contribution in [3.05, 3.63) is 24.5 Å². The van der Waals surface area contributed by atoms with E-state index in [-0.39, 0.29) is 6.04 Å². The molecular formula is C9H13N5. The minimum Gasteiger partial charge on any atom is -0.366 e. The highest BCUT2D eigenvalue weighted by atomic mass is 15.2. The molecule has 2 heterocycles. The zero-order valence-corrected chi connectivity index (χ0v) is 8.01. The molecule has 0 saturated heterocycles. The summed E-state index contributed by atoms with van der Waals surface area (Å²) in [7, 11) is 0. The first-order valence-corrected chi connectivity index (χ1v) is 4.56. The fourth-order valence-electron chi connectivity index (χ4n) is 1.20. The maximum absolute atomic E-state index is 5.50. The van der Waals surface area contributed by atoms with Crippen LogP contribution in [0.25, 0.3) is 5.65 Å². The van der Waals surface area contributed by atoms with E-state index in [9.17, 15) is 0 Å². The molecule has 0 spiro atoms. The SMILES string of the molecule is CC(CN)Nc1ccn2nccc2n1. The molecule has 0 aliphatic rings. The maximum Gasteiger partial charge on any atom is 0.157 e. The van der Waals surface area contributed by atoms with Gasteiger partial charge in [0.05, 0.1) is 6.20 Å². The molecule has 0 aromatic carbocycles. The van der Waals surface area contributed by atoms with E-state index in [4.69, 9.17) is 5.73 Å². The van der Waals surface area contributed by atoms with Crippen molar-refractivity contribution in [1.29, 1.82) is 0 Å². The van der Waals surface area contributed by atoms with Gasteiger partial charge in [0.2, 0.25) is 0 Å². The van der Waals surface area contributed by atoms with Crippen molar-refractivity contribution < 1.29 is 0 Å². The minimum atomic E-state index is 0.230. The Kier molecular flexibility index (Phi) is 2.32. The number of fused-ring (bicyclic) bond motifs is 1. The lowest BCUT2D eigenvalue weighted by molar-refractivity contribution is 0.796. The van der Waals surface area contributed by atoms with E-state index in [1.54, 1.807) is 10.7 Å². The third kappa shape index (κ3) is 1.67. The van der Waals surface area contributed by atoms with Gasteiger partial charge in [0.15, 0.2) is 5.65 Å². The average molecular weight is 191 g/mol. The van der Waals surface area contributed by atoms with Crippen molar-refractivity contribution in [3.63, 3.8) is 0 Å². The fraction of sp³-hybridized carbons (Fsp3) is 0.333. The molecular weight excluding hydrogens is 178 g/mol. The first-order valence-electron chi connectivity index (χ1n) is 4.56. The number of nitrogens with zero attached hydrogens (tertiary/aromatic N) is 3. The largest absolute Gasteiger partial charge is 0.366 e. The molecule has 0 amide bonds. The summed E-state index contributed by atoms with van der Waals surface area (Å²) in [4.78, 5) is 4.36. The van der Waals surface area contributed by atoms with Crippen LogP contribution in [0.5, 0.6) is 0 Å². The van der Waals surface area contributed by atoms with E-state index in [2.05, 4.69) is 15.4 Å². The number of anilines is 1. The van der Waals surface area contributed by atoms with Gasteiger partial charge in [-0.3, -0.25) is 0 Å². The predicted molar refractivity (Wildman–Crippen MR) is 55.1 cm³/mol. The van der Waals surface area contributed by atoms with Crippen LogP contribution in [0.2, 0.25) is 0 Å². The van der Waals surface area contributed by atoms with Crippen LogP contribution in [-0.2, 0) is 0 Å². The quantitative estimate of drug-likeness (QED) is 0.740. The summed E-state index contributed by atoms with van der Waals surface area (Å²) < 4.78 is 1.72. The molecule has 1 unspecified atom stereocenters. The Balaban J connectivity index is 2.25. The molecule has 1 atom stereocenters. The Morgan fingerprint density at radius 1 is 1.57 bits per heavy atom. The summed E-state index contributed by atoms with van der Waals surface area (Å²) in [5.74, 6) is 0.830. The van der Waals surface area contributed by atoms with Gasteiger partial charge in [-0.05, 0) is 13.0 Å². The van der Waals surface area contributed by atoms with Crippen LogP contribution in [0, 0.1) is 0 Å². The van der Waals surface area contributed by atoms with Gasteiger partial charge < -0.3 is 11.1 Å². The number of nitrogens with two attached hydrogens (primary N) is 1. The van der Waals surface area contributed by atoms with E-state index in [0.29, 0.717) is 6.54 Å². The van der Waals surface area contributed by atoms with Gasteiger partial charge in [-0.15, -0.1) is 0 Å². The van der Waals surface area contributed by atoms with Gasteiger partial charge in [0.1, 0.15) is 5.82 Å². The molecule has 2 aromatic heterocycles. The number of hydrogen-bond donors (Lipinski definition) is 2. The lowest BCUT2D eigenvalue weighted by Crippen LogP contribution is -2.25. The second kappa shape index (κ2) is 3.63. The molecule has 0 aliphatic carbocycles. The van der Waals surface area contributed by atoms with Crippen molar-refractivity contribution in [2.45, 2.75) is 13.0 Å². The van der Waals surface area contributed by atoms with Gasteiger partial charge in [-0.25, -0.2) is 9.50 Å². The van der Waals surface area contributed by atoms with Gasteiger partial charge in [-0.1, -0.05) is 0 Å². The number of rotatable bonds is 3. The van der Waals surface area contributed by atoms with Gasteiger partial charge in [0.25, 0.3) is 0 Å². The lowest BCUT2D eigenvalue weighted by atomic mass is 10.3. The first-order chi connectivity index (χ1) is 6.79. The molecule has 74 valence electrons. The standard InChI is InChI=1S/C9H13N5/c1-7(6-10)12-8-3-5-14-9(13-8)2-4-11-14/h2-5,7H,6,10H2,1H3,(H,12,13). The summed E-state index contributed by atoms with van der Waals surface area (Å²) in [6, 6.07) is 3.97. The zero-order valence-electron chi connectivity index (χ0n) is 8.01. The van der Waals surface area contributed by atoms with Crippen LogP contribution in [0.15, 0.2) is 24.5 Å².